The lowest BCUT2D eigenvalue weighted by atomic mass is 10.1. The Labute approximate surface area is 215 Å². The largest absolute Gasteiger partial charge is 0.494 e. The standard InChI is InChI=1S/C25H37N5O2.HI/c1-6-26-25(29-18-22-12-11-19(3)15-23(22)32-7-2)28-17-20-9-8-10-21(16-20)24(31)27-13-14-30(4)5;/h8-12,15-16H,6-7,13-14,17-18H2,1-5H3,(H,27,31)(H2,26,28,29);1H. The third-order valence-corrected chi connectivity index (χ3v) is 4.77. The summed E-state index contributed by atoms with van der Waals surface area (Å²) in [5.41, 5.74) is 3.88. The summed E-state index contributed by atoms with van der Waals surface area (Å²) in [6.07, 6.45) is 0. The number of aliphatic imine (C=N–C) groups is 1. The van der Waals surface area contributed by atoms with Crippen LogP contribution in [-0.4, -0.2) is 57.1 Å². The molecule has 0 atom stereocenters. The van der Waals surface area contributed by atoms with E-state index in [-0.39, 0.29) is 29.9 Å². The highest BCUT2D eigenvalue weighted by atomic mass is 127. The summed E-state index contributed by atoms with van der Waals surface area (Å²) in [5.74, 6) is 1.55. The molecule has 1 amide bonds. The molecule has 0 saturated heterocycles. The number of amides is 1. The average Bonchev–Trinajstić information content (AvgIpc) is 2.77. The van der Waals surface area contributed by atoms with Crippen LogP contribution in [0, 0.1) is 6.92 Å². The molecule has 0 aromatic heterocycles. The number of nitrogens with zero attached hydrogens (tertiary/aromatic N) is 2. The summed E-state index contributed by atoms with van der Waals surface area (Å²) in [7, 11) is 3.97. The van der Waals surface area contributed by atoms with Gasteiger partial charge in [0.1, 0.15) is 5.75 Å². The molecule has 2 aromatic rings. The SMILES string of the molecule is CCNC(=NCc1cccc(C(=O)NCCN(C)C)c1)NCc1ccc(C)cc1OCC.I. The van der Waals surface area contributed by atoms with Gasteiger partial charge in [-0.2, -0.15) is 0 Å². The number of guanidine groups is 1. The Morgan fingerprint density at radius 2 is 1.85 bits per heavy atom. The zero-order chi connectivity index (χ0) is 23.3. The maximum absolute atomic E-state index is 12.4. The summed E-state index contributed by atoms with van der Waals surface area (Å²) in [6, 6.07) is 13.8. The minimum absolute atomic E-state index is 0. The Morgan fingerprint density at radius 1 is 1.06 bits per heavy atom. The van der Waals surface area contributed by atoms with Crippen molar-refractivity contribution in [3.63, 3.8) is 0 Å². The highest BCUT2D eigenvalue weighted by Gasteiger charge is 2.08. The van der Waals surface area contributed by atoms with Crippen molar-refractivity contribution < 1.29 is 9.53 Å². The van der Waals surface area contributed by atoms with E-state index in [1.165, 1.54) is 5.56 Å². The van der Waals surface area contributed by atoms with E-state index in [9.17, 15) is 4.79 Å². The van der Waals surface area contributed by atoms with Crippen molar-refractivity contribution in [2.75, 3.05) is 40.3 Å². The molecule has 0 aliphatic heterocycles. The molecule has 0 radical (unpaired) electrons. The Balaban J connectivity index is 0.00000544. The van der Waals surface area contributed by atoms with Crippen molar-refractivity contribution in [1.82, 2.24) is 20.9 Å². The molecule has 0 fully saturated rings. The molecule has 0 aliphatic carbocycles. The fourth-order valence-corrected chi connectivity index (χ4v) is 3.09. The lowest BCUT2D eigenvalue weighted by molar-refractivity contribution is 0.0951. The number of nitrogens with one attached hydrogen (secondary N) is 3. The molecule has 2 rings (SSSR count). The lowest BCUT2D eigenvalue weighted by Gasteiger charge is -2.15. The van der Waals surface area contributed by atoms with Gasteiger partial charge in [0.05, 0.1) is 13.2 Å². The fourth-order valence-electron chi connectivity index (χ4n) is 3.09. The molecule has 3 N–H and O–H groups in total. The molecule has 0 aliphatic rings. The molecular weight excluding hydrogens is 529 g/mol. The van der Waals surface area contributed by atoms with E-state index in [1.54, 1.807) is 0 Å². The van der Waals surface area contributed by atoms with Crippen LogP contribution in [0.2, 0.25) is 0 Å². The zero-order valence-corrected chi connectivity index (χ0v) is 22.7. The number of carbonyl (C=O) groups is 1. The van der Waals surface area contributed by atoms with Crippen molar-refractivity contribution in [1.29, 1.82) is 0 Å². The zero-order valence-electron chi connectivity index (χ0n) is 20.4. The summed E-state index contributed by atoms with van der Waals surface area (Å²) in [6.45, 7) is 9.97. The highest BCUT2D eigenvalue weighted by Crippen LogP contribution is 2.20. The Morgan fingerprint density at radius 3 is 2.55 bits per heavy atom. The quantitative estimate of drug-likeness (QED) is 0.220. The number of rotatable bonds is 11. The third-order valence-electron chi connectivity index (χ3n) is 4.77. The van der Waals surface area contributed by atoms with Crippen LogP contribution >= 0.6 is 24.0 Å². The first-order valence-electron chi connectivity index (χ1n) is 11.2. The number of benzene rings is 2. The summed E-state index contributed by atoms with van der Waals surface area (Å²) in [5, 5.41) is 9.60. The summed E-state index contributed by atoms with van der Waals surface area (Å²) >= 11 is 0. The minimum Gasteiger partial charge on any atom is -0.494 e. The van der Waals surface area contributed by atoms with Gasteiger partial charge in [0.15, 0.2) is 5.96 Å². The molecule has 0 heterocycles. The van der Waals surface area contributed by atoms with E-state index >= 15 is 0 Å². The summed E-state index contributed by atoms with van der Waals surface area (Å²) < 4.78 is 5.78. The Bertz CT molecular complexity index is 902. The topological polar surface area (TPSA) is 78.0 Å². The maximum Gasteiger partial charge on any atom is 0.251 e. The van der Waals surface area contributed by atoms with Crippen LogP contribution in [0.15, 0.2) is 47.5 Å². The molecule has 0 unspecified atom stereocenters. The molecule has 7 nitrogen and oxygen atoms in total. The van der Waals surface area contributed by atoms with E-state index in [0.29, 0.717) is 31.8 Å². The Hall–Kier alpha value is -2.33. The van der Waals surface area contributed by atoms with E-state index in [0.717, 1.165) is 35.9 Å². The second kappa shape index (κ2) is 15.5. The first-order chi connectivity index (χ1) is 15.4. The van der Waals surface area contributed by atoms with Crippen molar-refractivity contribution in [3.05, 3.63) is 64.7 Å². The monoisotopic (exact) mass is 567 g/mol. The Kier molecular flexibility index (Phi) is 13.5. The summed E-state index contributed by atoms with van der Waals surface area (Å²) in [4.78, 5) is 19.1. The predicted octanol–water partition coefficient (Wildman–Crippen LogP) is 3.56. The number of hydrogen-bond acceptors (Lipinski definition) is 4. The maximum atomic E-state index is 12.4. The first kappa shape index (κ1) is 28.7. The second-order valence-corrected chi connectivity index (χ2v) is 7.85. The van der Waals surface area contributed by atoms with Crippen molar-refractivity contribution in [2.24, 2.45) is 4.99 Å². The van der Waals surface area contributed by atoms with E-state index in [4.69, 9.17) is 9.73 Å². The predicted molar refractivity (Wildman–Crippen MR) is 147 cm³/mol. The van der Waals surface area contributed by atoms with Crippen LogP contribution in [0.25, 0.3) is 0 Å². The fraction of sp³-hybridized carbons (Fsp3) is 0.440. The number of halogens is 1. The van der Waals surface area contributed by atoms with Crippen molar-refractivity contribution >= 4 is 35.8 Å². The highest BCUT2D eigenvalue weighted by molar-refractivity contribution is 14.0. The van der Waals surface area contributed by atoms with Crippen LogP contribution < -0.4 is 20.7 Å². The number of likely N-dealkylation sites (N-methyl/N-ethyl adjacent to an activating group) is 1. The van der Waals surface area contributed by atoms with Gasteiger partial charge in [-0.25, -0.2) is 4.99 Å². The number of ether oxygens (including phenoxy) is 1. The van der Waals surface area contributed by atoms with E-state index < -0.39 is 0 Å². The van der Waals surface area contributed by atoms with Gasteiger partial charge in [0, 0.05) is 37.3 Å². The normalized spacial score (nSPS) is 11.0. The number of hydrogen-bond donors (Lipinski definition) is 3. The molecular formula is C25H38IN5O2. The van der Waals surface area contributed by atoms with Crippen LogP contribution in [0.1, 0.15) is 40.9 Å². The molecule has 33 heavy (non-hydrogen) atoms. The van der Waals surface area contributed by atoms with Crippen LogP contribution in [-0.2, 0) is 13.1 Å². The van der Waals surface area contributed by atoms with Gasteiger partial charge in [0.2, 0.25) is 0 Å². The molecule has 182 valence electrons. The van der Waals surface area contributed by atoms with E-state index in [2.05, 4.69) is 41.1 Å². The minimum atomic E-state index is -0.0643. The van der Waals surface area contributed by atoms with Crippen LogP contribution in [0.4, 0.5) is 0 Å². The first-order valence-corrected chi connectivity index (χ1v) is 11.2. The molecule has 0 spiro atoms. The average molecular weight is 568 g/mol. The second-order valence-electron chi connectivity index (χ2n) is 7.85. The van der Waals surface area contributed by atoms with Crippen molar-refractivity contribution in [2.45, 2.75) is 33.9 Å². The number of carbonyl (C=O) groups excluding carboxylic acids is 1. The molecule has 2 aromatic carbocycles. The smallest absolute Gasteiger partial charge is 0.251 e. The lowest BCUT2D eigenvalue weighted by Crippen LogP contribution is -2.36. The number of aryl methyl sites for hydroxylation is 1. The third kappa shape index (κ3) is 10.4. The molecule has 0 bridgehead atoms. The van der Waals surface area contributed by atoms with Crippen molar-refractivity contribution in [3.8, 4) is 5.75 Å². The molecule has 8 heteroatoms. The van der Waals surface area contributed by atoms with Gasteiger partial charge in [-0.3, -0.25) is 4.79 Å². The van der Waals surface area contributed by atoms with Gasteiger partial charge in [0.25, 0.3) is 5.91 Å². The van der Waals surface area contributed by atoms with Gasteiger partial charge in [-0.05, 0) is 64.2 Å². The molecule has 0 saturated carbocycles. The van der Waals surface area contributed by atoms with Gasteiger partial charge in [-0.15, -0.1) is 24.0 Å². The van der Waals surface area contributed by atoms with E-state index in [1.807, 2.05) is 57.1 Å². The van der Waals surface area contributed by atoms with Crippen LogP contribution in [0.3, 0.4) is 0 Å². The van der Waals surface area contributed by atoms with Gasteiger partial charge in [-0.1, -0.05) is 24.3 Å². The van der Waals surface area contributed by atoms with Gasteiger partial charge >= 0.3 is 0 Å². The van der Waals surface area contributed by atoms with Gasteiger partial charge < -0.3 is 25.6 Å². The van der Waals surface area contributed by atoms with Crippen LogP contribution in [0.5, 0.6) is 5.75 Å².